The molecule has 1 unspecified atom stereocenters. The van der Waals surface area contributed by atoms with Gasteiger partial charge in [-0.3, -0.25) is 0 Å². The lowest BCUT2D eigenvalue weighted by Crippen LogP contribution is -2.15. The van der Waals surface area contributed by atoms with Crippen LogP contribution in [0.25, 0.3) is 0 Å². The number of pyridine rings is 1. The van der Waals surface area contributed by atoms with E-state index in [1.54, 1.807) is 0 Å². The highest BCUT2D eigenvalue weighted by atomic mass is 16.5. The zero-order valence-corrected chi connectivity index (χ0v) is 13.3. The maximum Gasteiger partial charge on any atom is 0.213 e. The quantitative estimate of drug-likeness (QED) is 0.612. The van der Waals surface area contributed by atoms with E-state index in [4.69, 9.17) is 4.74 Å². The lowest BCUT2D eigenvalue weighted by Gasteiger charge is -2.14. The normalized spacial score (nSPS) is 12.3. The third-order valence-corrected chi connectivity index (χ3v) is 3.34. The van der Waals surface area contributed by atoms with Gasteiger partial charge < -0.3 is 10.1 Å². The van der Waals surface area contributed by atoms with Crippen molar-refractivity contribution < 1.29 is 4.74 Å². The molecule has 1 N–H and O–H groups in total. The molecule has 0 amide bonds. The molecular formula is C17H30N2O. The molecule has 3 nitrogen and oxygen atoms in total. The van der Waals surface area contributed by atoms with Gasteiger partial charge in [0.2, 0.25) is 5.88 Å². The van der Waals surface area contributed by atoms with E-state index in [0.717, 1.165) is 31.8 Å². The van der Waals surface area contributed by atoms with E-state index in [-0.39, 0.29) is 6.10 Å². The van der Waals surface area contributed by atoms with Crippen molar-refractivity contribution in [3.8, 4) is 5.88 Å². The van der Waals surface area contributed by atoms with Crippen LogP contribution in [0, 0.1) is 0 Å². The zero-order valence-electron chi connectivity index (χ0n) is 13.3. The molecule has 0 spiro atoms. The Morgan fingerprint density at radius 1 is 1.20 bits per heavy atom. The van der Waals surface area contributed by atoms with Gasteiger partial charge in [-0.15, -0.1) is 0 Å². The van der Waals surface area contributed by atoms with Crippen molar-refractivity contribution in [3.63, 3.8) is 0 Å². The molecule has 20 heavy (non-hydrogen) atoms. The van der Waals surface area contributed by atoms with Crippen LogP contribution in [0.2, 0.25) is 0 Å². The molecule has 0 bridgehead atoms. The molecule has 0 saturated heterocycles. The molecule has 0 aliphatic carbocycles. The summed E-state index contributed by atoms with van der Waals surface area (Å²) in [7, 11) is 0. The minimum absolute atomic E-state index is 0.248. The molecule has 3 heteroatoms. The average Bonchev–Trinajstić information content (AvgIpc) is 2.44. The van der Waals surface area contributed by atoms with Gasteiger partial charge in [-0.1, -0.05) is 33.1 Å². The van der Waals surface area contributed by atoms with Crippen molar-refractivity contribution in [2.24, 2.45) is 0 Å². The fourth-order valence-electron chi connectivity index (χ4n) is 2.16. The summed E-state index contributed by atoms with van der Waals surface area (Å²) in [5.74, 6) is 0.754. The van der Waals surface area contributed by atoms with Crippen molar-refractivity contribution >= 4 is 0 Å². The molecule has 0 fully saturated rings. The molecule has 1 aromatic rings. The van der Waals surface area contributed by atoms with Crippen LogP contribution in [0.15, 0.2) is 18.3 Å². The Balaban J connectivity index is 2.33. The average molecular weight is 278 g/mol. The second-order valence-corrected chi connectivity index (χ2v) is 5.46. The second-order valence-electron chi connectivity index (χ2n) is 5.46. The van der Waals surface area contributed by atoms with Crippen molar-refractivity contribution in [3.05, 3.63) is 23.9 Å². The van der Waals surface area contributed by atoms with E-state index in [2.05, 4.69) is 31.1 Å². The zero-order chi connectivity index (χ0) is 14.6. The molecule has 1 heterocycles. The van der Waals surface area contributed by atoms with E-state index in [1.165, 1.54) is 31.2 Å². The standard InChI is InChI=1S/C17H30N2O/c1-4-6-7-8-9-15(3)20-17-13-16(10-12-19-17)14-18-11-5-2/h10,12-13,15,18H,4-9,11,14H2,1-3H3. The Morgan fingerprint density at radius 3 is 2.80 bits per heavy atom. The Labute approximate surface area is 124 Å². The maximum absolute atomic E-state index is 5.90. The van der Waals surface area contributed by atoms with Crippen molar-refractivity contribution in [2.75, 3.05) is 6.54 Å². The molecule has 0 radical (unpaired) electrons. The summed E-state index contributed by atoms with van der Waals surface area (Å²) in [5, 5.41) is 3.40. The van der Waals surface area contributed by atoms with Gasteiger partial charge in [0, 0.05) is 18.8 Å². The van der Waals surface area contributed by atoms with Crippen LogP contribution >= 0.6 is 0 Å². The summed E-state index contributed by atoms with van der Waals surface area (Å²) in [4.78, 5) is 4.30. The predicted molar refractivity (Wildman–Crippen MR) is 85.1 cm³/mol. The van der Waals surface area contributed by atoms with Crippen molar-refractivity contribution in [1.29, 1.82) is 0 Å². The van der Waals surface area contributed by atoms with Crippen molar-refractivity contribution in [2.45, 2.75) is 71.9 Å². The third kappa shape index (κ3) is 7.49. The topological polar surface area (TPSA) is 34.1 Å². The molecule has 114 valence electrons. The molecule has 0 aliphatic rings. The molecule has 1 atom stereocenters. The molecule has 0 aromatic carbocycles. The highest BCUT2D eigenvalue weighted by molar-refractivity contribution is 5.20. The first-order chi connectivity index (χ1) is 9.76. The number of rotatable bonds is 11. The largest absolute Gasteiger partial charge is 0.475 e. The SMILES string of the molecule is CCCCCCC(C)Oc1cc(CNCCC)ccn1. The Kier molecular flexibility index (Phi) is 9.05. The fraction of sp³-hybridized carbons (Fsp3) is 0.706. The lowest BCUT2D eigenvalue weighted by atomic mass is 10.1. The minimum Gasteiger partial charge on any atom is -0.475 e. The number of aromatic nitrogens is 1. The van der Waals surface area contributed by atoms with E-state index in [0.29, 0.717) is 0 Å². The van der Waals surface area contributed by atoms with Gasteiger partial charge in [-0.25, -0.2) is 4.98 Å². The molecule has 0 saturated carbocycles. The fourth-order valence-corrected chi connectivity index (χ4v) is 2.16. The molecule has 1 rings (SSSR count). The summed E-state index contributed by atoms with van der Waals surface area (Å²) in [5.41, 5.74) is 1.24. The minimum atomic E-state index is 0.248. The number of hydrogen-bond donors (Lipinski definition) is 1. The lowest BCUT2D eigenvalue weighted by molar-refractivity contribution is 0.198. The van der Waals surface area contributed by atoms with Crippen LogP contribution < -0.4 is 10.1 Å². The summed E-state index contributed by atoms with van der Waals surface area (Å²) in [6.07, 6.45) is 9.50. The highest BCUT2D eigenvalue weighted by Crippen LogP contribution is 2.14. The molecule has 0 aliphatic heterocycles. The van der Waals surface area contributed by atoms with E-state index in [9.17, 15) is 0 Å². The third-order valence-electron chi connectivity index (χ3n) is 3.34. The molecular weight excluding hydrogens is 248 g/mol. The predicted octanol–water partition coefficient (Wildman–Crippen LogP) is 4.32. The van der Waals surface area contributed by atoms with Crippen molar-refractivity contribution in [1.82, 2.24) is 10.3 Å². The molecule has 1 aromatic heterocycles. The van der Waals surface area contributed by atoms with Gasteiger partial charge in [-0.05, 0) is 44.4 Å². The Bertz CT molecular complexity index is 355. The Morgan fingerprint density at radius 2 is 2.05 bits per heavy atom. The monoisotopic (exact) mass is 278 g/mol. The van der Waals surface area contributed by atoms with Crippen LogP contribution in [0.1, 0.15) is 64.9 Å². The van der Waals surface area contributed by atoms with E-state index in [1.807, 2.05) is 18.3 Å². The van der Waals surface area contributed by atoms with Crippen LogP contribution in [0.3, 0.4) is 0 Å². The first-order valence-corrected chi connectivity index (χ1v) is 8.08. The highest BCUT2D eigenvalue weighted by Gasteiger charge is 2.05. The first kappa shape index (κ1) is 17.0. The second kappa shape index (κ2) is 10.7. The van der Waals surface area contributed by atoms with Crippen LogP contribution in [-0.4, -0.2) is 17.6 Å². The van der Waals surface area contributed by atoms with Gasteiger partial charge in [0.1, 0.15) is 0 Å². The smallest absolute Gasteiger partial charge is 0.213 e. The number of nitrogens with one attached hydrogen (secondary N) is 1. The number of nitrogens with zero attached hydrogens (tertiary/aromatic N) is 1. The first-order valence-electron chi connectivity index (χ1n) is 8.08. The van der Waals surface area contributed by atoms with Gasteiger partial charge in [0.15, 0.2) is 0 Å². The summed E-state index contributed by atoms with van der Waals surface area (Å²) in [6, 6.07) is 4.09. The van der Waals surface area contributed by atoms with Gasteiger partial charge in [0.25, 0.3) is 0 Å². The van der Waals surface area contributed by atoms with Gasteiger partial charge in [-0.2, -0.15) is 0 Å². The van der Waals surface area contributed by atoms with Crippen LogP contribution in [0.4, 0.5) is 0 Å². The summed E-state index contributed by atoms with van der Waals surface area (Å²) < 4.78 is 5.90. The van der Waals surface area contributed by atoms with E-state index < -0.39 is 0 Å². The van der Waals surface area contributed by atoms with Crippen LogP contribution in [-0.2, 0) is 6.54 Å². The maximum atomic E-state index is 5.90. The van der Waals surface area contributed by atoms with Gasteiger partial charge in [0.05, 0.1) is 6.10 Å². The van der Waals surface area contributed by atoms with E-state index >= 15 is 0 Å². The number of hydrogen-bond acceptors (Lipinski definition) is 3. The summed E-state index contributed by atoms with van der Waals surface area (Å²) in [6.45, 7) is 8.48. The number of unbranched alkanes of at least 4 members (excludes halogenated alkanes) is 3. The van der Waals surface area contributed by atoms with Gasteiger partial charge >= 0.3 is 0 Å². The number of ether oxygens (including phenoxy) is 1. The Hall–Kier alpha value is -1.09. The van der Waals surface area contributed by atoms with Crippen LogP contribution in [0.5, 0.6) is 5.88 Å². The summed E-state index contributed by atoms with van der Waals surface area (Å²) >= 11 is 0.